The van der Waals surface area contributed by atoms with Crippen molar-refractivity contribution in [3.05, 3.63) is 63.2 Å². The first-order chi connectivity index (χ1) is 14.0. The van der Waals surface area contributed by atoms with Crippen molar-refractivity contribution in [2.45, 2.75) is 38.8 Å². The number of halogens is 1. The molecular weight excluding hydrogens is 387 g/mol. The average molecular weight is 415 g/mol. The molecule has 1 unspecified atom stereocenters. The molecule has 29 heavy (non-hydrogen) atoms. The van der Waals surface area contributed by atoms with Gasteiger partial charge in [-0.15, -0.1) is 11.3 Å². The molecule has 0 bridgehead atoms. The van der Waals surface area contributed by atoms with Crippen LogP contribution in [0.15, 0.2) is 36.5 Å². The zero-order chi connectivity index (χ0) is 20.8. The minimum atomic E-state index is -0.190. The summed E-state index contributed by atoms with van der Waals surface area (Å²) in [7, 11) is 1.86. The highest BCUT2D eigenvalue weighted by Gasteiger charge is 2.19. The molecule has 1 aliphatic rings. The van der Waals surface area contributed by atoms with Crippen molar-refractivity contribution >= 4 is 17.6 Å². The van der Waals surface area contributed by atoms with Gasteiger partial charge >= 0.3 is 0 Å². The van der Waals surface area contributed by atoms with E-state index in [-0.39, 0.29) is 11.9 Å². The molecule has 0 radical (unpaired) electrons. The van der Waals surface area contributed by atoms with Gasteiger partial charge in [0, 0.05) is 29.6 Å². The highest BCUT2D eigenvalue weighted by molar-refractivity contribution is 7.14. The molecule has 5 nitrogen and oxygen atoms in total. The number of aldehydes is 1. The summed E-state index contributed by atoms with van der Waals surface area (Å²) in [6, 6.07) is 8.83. The number of hydrogen-bond acceptors (Lipinski definition) is 5. The summed E-state index contributed by atoms with van der Waals surface area (Å²) in [6.07, 6.45) is 5.76. The van der Waals surface area contributed by atoms with Gasteiger partial charge in [-0.1, -0.05) is 12.1 Å². The van der Waals surface area contributed by atoms with Crippen molar-refractivity contribution in [2.24, 2.45) is 5.73 Å². The van der Waals surface area contributed by atoms with E-state index in [0.29, 0.717) is 6.54 Å². The van der Waals surface area contributed by atoms with Gasteiger partial charge in [0.05, 0.1) is 16.8 Å². The molecule has 7 heteroatoms. The third-order valence-electron chi connectivity index (χ3n) is 5.06. The Kier molecular flexibility index (Phi) is 7.30. The van der Waals surface area contributed by atoms with Gasteiger partial charge in [0.25, 0.3) is 0 Å². The molecule has 3 heterocycles. The Morgan fingerprint density at radius 2 is 2.24 bits per heavy atom. The molecule has 1 aromatic carbocycles. The maximum Gasteiger partial charge on any atom is 0.160 e. The quantitative estimate of drug-likeness (QED) is 0.626. The molecule has 4 rings (SSSR count). The van der Waals surface area contributed by atoms with Gasteiger partial charge < -0.3 is 11.1 Å². The Balaban J connectivity index is 0.000000170. The molecule has 0 fully saturated rings. The Bertz CT molecular complexity index is 962. The number of likely N-dealkylation sites (N-methyl/N-ethyl adjacent to an activating group) is 1. The molecule has 1 atom stereocenters. The number of aromatic nitrogens is 2. The number of carbonyl (C=O) groups excluding carboxylic acids is 1. The first kappa shape index (κ1) is 21.4. The maximum absolute atomic E-state index is 12.8. The van der Waals surface area contributed by atoms with Gasteiger partial charge in [-0.3, -0.25) is 9.48 Å². The molecule has 3 aromatic rings. The average Bonchev–Trinajstić information content (AvgIpc) is 3.25. The standard InChI is InChI=1S/C12H12N2OS.C10H15FN2/c1-8-6-13-14-4-2-3-11-10(12(8)14)5-9(7-15)16-11;1-13-10(7-12)6-8-3-2-4-9(11)5-8/h5-7H,2-4H2,1H3;2-5,10,13H,6-7,12H2,1H3. The third kappa shape index (κ3) is 5.18. The van der Waals surface area contributed by atoms with Crippen LogP contribution in [-0.2, 0) is 19.4 Å². The van der Waals surface area contributed by atoms with Gasteiger partial charge in [0.2, 0.25) is 0 Å². The number of nitrogens with zero attached hydrogens (tertiary/aromatic N) is 2. The number of thiophene rings is 1. The summed E-state index contributed by atoms with van der Waals surface area (Å²) in [4.78, 5) is 13.0. The van der Waals surface area contributed by atoms with E-state index in [0.717, 1.165) is 42.5 Å². The van der Waals surface area contributed by atoms with Gasteiger partial charge in [0.1, 0.15) is 5.82 Å². The van der Waals surface area contributed by atoms with Gasteiger partial charge in [-0.05, 0) is 62.6 Å². The minimum absolute atomic E-state index is 0.190. The fourth-order valence-electron chi connectivity index (χ4n) is 3.53. The van der Waals surface area contributed by atoms with Crippen LogP contribution in [0.1, 0.15) is 32.1 Å². The number of carbonyl (C=O) groups is 1. The molecule has 1 aliphatic heterocycles. The molecule has 0 spiro atoms. The van der Waals surface area contributed by atoms with E-state index >= 15 is 0 Å². The van der Waals surface area contributed by atoms with E-state index in [4.69, 9.17) is 5.73 Å². The van der Waals surface area contributed by atoms with Crippen LogP contribution in [0, 0.1) is 12.7 Å². The summed E-state index contributed by atoms with van der Waals surface area (Å²) in [5.74, 6) is -0.190. The second-order valence-corrected chi connectivity index (χ2v) is 8.33. The number of benzene rings is 1. The van der Waals surface area contributed by atoms with Crippen molar-refractivity contribution in [3.8, 4) is 11.3 Å². The fourth-order valence-corrected chi connectivity index (χ4v) is 4.56. The first-order valence-corrected chi connectivity index (χ1v) is 10.6. The van der Waals surface area contributed by atoms with Crippen LogP contribution >= 0.6 is 11.3 Å². The summed E-state index contributed by atoms with van der Waals surface area (Å²) >= 11 is 1.62. The predicted molar refractivity (Wildman–Crippen MR) is 116 cm³/mol. The van der Waals surface area contributed by atoms with E-state index < -0.39 is 0 Å². The molecule has 0 amide bonds. The topological polar surface area (TPSA) is 72.9 Å². The fraction of sp³-hybridized carbons (Fsp3) is 0.364. The zero-order valence-electron chi connectivity index (χ0n) is 16.8. The van der Waals surface area contributed by atoms with E-state index in [1.165, 1.54) is 27.8 Å². The maximum atomic E-state index is 12.8. The Labute approximate surface area is 174 Å². The lowest BCUT2D eigenvalue weighted by molar-refractivity contribution is 0.112. The van der Waals surface area contributed by atoms with Gasteiger partial charge in [-0.25, -0.2) is 4.39 Å². The van der Waals surface area contributed by atoms with Crippen molar-refractivity contribution in [2.75, 3.05) is 13.6 Å². The van der Waals surface area contributed by atoms with Crippen molar-refractivity contribution in [1.29, 1.82) is 0 Å². The Hall–Kier alpha value is -2.35. The van der Waals surface area contributed by atoms with E-state index in [1.54, 1.807) is 23.5 Å². The van der Waals surface area contributed by atoms with Crippen LogP contribution in [0.5, 0.6) is 0 Å². The molecule has 0 saturated carbocycles. The van der Waals surface area contributed by atoms with Crippen LogP contribution in [0.3, 0.4) is 0 Å². The zero-order valence-corrected chi connectivity index (χ0v) is 17.6. The lowest BCUT2D eigenvalue weighted by Crippen LogP contribution is -2.35. The molecule has 2 aromatic heterocycles. The lowest BCUT2D eigenvalue weighted by Gasteiger charge is -2.13. The number of fused-ring (bicyclic) bond motifs is 3. The predicted octanol–water partition coefficient (Wildman–Crippen LogP) is 3.59. The third-order valence-corrected chi connectivity index (χ3v) is 6.18. The van der Waals surface area contributed by atoms with E-state index in [2.05, 4.69) is 22.0 Å². The SMILES string of the molecule is CNC(CN)Cc1cccc(F)c1.Cc1cnn2c1-c1cc(C=O)sc1CCC2. The smallest absolute Gasteiger partial charge is 0.160 e. The van der Waals surface area contributed by atoms with Crippen molar-refractivity contribution in [1.82, 2.24) is 15.1 Å². The van der Waals surface area contributed by atoms with Crippen molar-refractivity contribution in [3.63, 3.8) is 0 Å². The second kappa shape index (κ2) is 9.91. The molecular formula is C22H27FN4OS. The normalized spacial score (nSPS) is 13.5. The lowest BCUT2D eigenvalue weighted by atomic mass is 10.1. The molecule has 0 saturated heterocycles. The summed E-state index contributed by atoms with van der Waals surface area (Å²) in [5.41, 5.74) is 10.1. The summed E-state index contributed by atoms with van der Waals surface area (Å²) < 4.78 is 14.8. The van der Waals surface area contributed by atoms with E-state index in [1.807, 2.05) is 25.4 Å². The summed E-state index contributed by atoms with van der Waals surface area (Å²) in [5, 5.41) is 7.46. The number of aryl methyl sites for hydroxylation is 3. The number of rotatable bonds is 5. The van der Waals surface area contributed by atoms with Crippen molar-refractivity contribution < 1.29 is 9.18 Å². The summed E-state index contributed by atoms with van der Waals surface area (Å²) in [6.45, 7) is 3.61. The largest absolute Gasteiger partial charge is 0.329 e. The number of nitrogens with two attached hydrogens (primary N) is 1. The Morgan fingerprint density at radius 3 is 2.93 bits per heavy atom. The minimum Gasteiger partial charge on any atom is -0.329 e. The molecule has 3 N–H and O–H groups in total. The van der Waals surface area contributed by atoms with Crippen LogP contribution in [0.25, 0.3) is 11.3 Å². The van der Waals surface area contributed by atoms with Gasteiger partial charge in [-0.2, -0.15) is 5.10 Å². The van der Waals surface area contributed by atoms with E-state index in [9.17, 15) is 9.18 Å². The van der Waals surface area contributed by atoms with Crippen LogP contribution < -0.4 is 11.1 Å². The Morgan fingerprint density at radius 1 is 1.41 bits per heavy atom. The highest BCUT2D eigenvalue weighted by atomic mass is 32.1. The highest BCUT2D eigenvalue weighted by Crippen LogP contribution is 2.36. The van der Waals surface area contributed by atoms with Crippen LogP contribution in [0.2, 0.25) is 0 Å². The molecule has 0 aliphatic carbocycles. The number of hydrogen-bond donors (Lipinski definition) is 2. The van der Waals surface area contributed by atoms with Crippen LogP contribution in [-0.4, -0.2) is 35.7 Å². The first-order valence-electron chi connectivity index (χ1n) is 9.78. The van der Waals surface area contributed by atoms with Gasteiger partial charge in [0.15, 0.2) is 6.29 Å². The number of nitrogens with one attached hydrogen (secondary N) is 1. The second-order valence-electron chi connectivity index (χ2n) is 7.16. The van der Waals surface area contributed by atoms with Crippen LogP contribution in [0.4, 0.5) is 4.39 Å². The monoisotopic (exact) mass is 414 g/mol. The molecule has 154 valence electrons.